The van der Waals surface area contributed by atoms with E-state index in [1.165, 1.54) is 11.3 Å². The standard InChI is InChI=1S/C14H15NO2S/c1-10(13(16)11-6-3-2-4-7-11)15-14(17)12-8-5-9-18-12/h2-10,13,16H,1H3,(H,15,17)/t10-,13+/m1/s1. The Morgan fingerprint density at radius 2 is 1.94 bits per heavy atom. The molecule has 0 saturated carbocycles. The van der Waals surface area contributed by atoms with E-state index in [1.807, 2.05) is 41.8 Å². The summed E-state index contributed by atoms with van der Waals surface area (Å²) in [4.78, 5) is 12.5. The van der Waals surface area contributed by atoms with Gasteiger partial charge in [0.2, 0.25) is 0 Å². The highest BCUT2D eigenvalue weighted by Crippen LogP contribution is 2.17. The molecule has 3 nitrogen and oxygen atoms in total. The van der Waals surface area contributed by atoms with Crippen molar-refractivity contribution < 1.29 is 9.90 Å². The van der Waals surface area contributed by atoms with Crippen LogP contribution >= 0.6 is 11.3 Å². The summed E-state index contributed by atoms with van der Waals surface area (Å²) >= 11 is 1.39. The lowest BCUT2D eigenvalue weighted by Crippen LogP contribution is -2.36. The minimum absolute atomic E-state index is 0.146. The van der Waals surface area contributed by atoms with Crippen LogP contribution in [0, 0.1) is 0 Å². The molecule has 1 amide bonds. The van der Waals surface area contributed by atoms with Gasteiger partial charge in [-0.1, -0.05) is 36.4 Å². The van der Waals surface area contributed by atoms with E-state index < -0.39 is 6.10 Å². The van der Waals surface area contributed by atoms with Crippen LogP contribution in [0.15, 0.2) is 47.8 Å². The molecule has 0 bridgehead atoms. The smallest absolute Gasteiger partial charge is 0.261 e. The molecule has 2 rings (SSSR count). The van der Waals surface area contributed by atoms with Gasteiger partial charge in [-0.25, -0.2) is 0 Å². The number of carbonyl (C=O) groups excluding carboxylic acids is 1. The fraction of sp³-hybridized carbons (Fsp3) is 0.214. The number of hydrogen-bond acceptors (Lipinski definition) is 3. The summed E-state index contributed by atoms with van der Waals surface area (Å²) in [5, 5.41) is 14.8. The van der Waals surface area contributed by atoms with Crippen molar-refractivity contribution in [3.8, 4) is 0 Å². The van der Waals surface area contributed by atoms with Crippen molar-refractivity contribution in [1.29, 1.82) is 0 Å². The van der Waals surface area contributed by atoms with Gasteiger partial charge in [0, 0.05) is 0 Å². The quantitative estimate of drug-likeness (QED) is 0.888. The molecular formula is C14H15NO2S. The molecule has 0 unspecified atom stereocenters. The monoisotopic (exact) mass is 261 g/mol. The molecule has 1 aromatic carbocycles. The van der Waals surface area contributed by atoms with Gasteiger partial charge >= 0.3 is 0 Å². The van der Waals surface area contributed by atoms with Crippen molar-refractivity contribution in [3.63, 3.8) is 0 Å². The predicted molar refractivity (Wildman–Crippen MR) is 72.6 cm³/mol. The van der Waals surface area contributed by atoms with E-state index in [1.54, 1.807) is 13.0 Å². The van der Waals surface area contributed by atoms with Crippen molar-refractivity contribution in [2.24, 2.45) is 0 Å². The Balaban J connectivity index is 2.00. The molecule has 4 heteroatoms. The van der Waals surface area contributed by atoms with Gasteiger partial charge in [-0.05, 0) is 23.9 Å². The van der Waals surface area contributed by atoms with Crippen molar-refractivity contribution in [3.05, 3.63) is 58.3 Å². The summed E-state index contributed by atoms with van der Waals surface area (Å²) in [6.45, 7) is 1.79. The second-order valence-corrected chi connectivity index (χ2v) is 5.04. The summed E-state index contributed by atoms with van der Waals surface area (Å²) in [6, 6.07) is 12.6. The normalized spacial score (nSPS) is 13.9. The maximum Gasteiger partial charge on any atom is 0.261 e. The predicted octanol–water partition coefficient (Wildman–Crippen LogP) is 2.60. The molecule has 0 aliphatic heterocycles. The minimum atomic E-state index is -0.699. The Morgan fingerprint density at radius 1 is 1.22 bits per heavy atom. The molecule has 2 N–H and O–H groups in total. The lowest BCUT2D eigenvalue weighted by Gasteiger charge is -2.20. The molecule has 0 aliphatic rings. The summed E-state index contributed by atoms with van der Waals surface area (Å²) in [5.74, 6) is -0.146. The molecule has 0 fully saturated rings. The number of benzene rings is 1. The Labute approximate surface area is 110 Å². The number of rotatable bonds is 4. The van der Waals surface area contributed by atoms with Crippen LogP contribution in [0.3, 0.4) is 0 Å². The first-order valence-electron chi connectivity index (χ1n) is 5.76. The molecule has 1 aromatic heterocycles. The van der Waals surface area contributed by atoms with Crippen molar-refractivity contribution >= 4 is 17.2 Å². The Morgan fingerprint density at radius 3 is 2.56 bits per heavy atom. The maximum atomic E-state index is 11.8. The van der Waals surface area contributed by atoms with E-state index in [2.05, 4.69) is 5.32 Å². The third-order valence-corrected chi connectivity index (χ3v) is 3.59. The van der Waals surface area contributed by atoms with Gasteiger partial charge in [0.25, 0.3) is 5.91 Å². The fourth-order valence-corrected chi connectivity index (χ4v) is 2.33. The highest BCUT2D eigenvalue weighted by atomic mass is 32.1. The number of aliphatic hydroxyl groups is 1. The highest BCUT2D eigenvalue weighted by Gasteiger charge is 2.19. The van der Waals surface area contributed by atoms with Crippen LogP contribution in [-0.4, -0.2) is 17.1 Å². The second kappa shape index (κ2) is 5.80. The van der Waals surface area contributed by atoms with Crippen LogP contribution < -0.4 is 5.32 Å². The van der Waals surface area contributed by atoms with E-state index in [0.717, 1.165) is 5.56 Å². The number of nitrogens with one attached hydrogen (secondary N) is 1. The zero-order chi connectivity index (χ0) is 13.0. The molecule has 18 heavy (non-hydrogen) atoms. The molecule has 2 aromatic rings. The van der Waals surface area contributed by atoms with E-state index >= 15 is 0 Å². The number of aliphatic hydroxyl groups excluding tert-OH is 1. The Hall–Kier alpha value is -1.65. The molecule has 1 heterocycles. The minimum Gasteiger partial charge on any atom is -0.386 e. The van der Waals surface area contributed by atoms with Gasteiger partial charge in [-0.15, -0.1) is 11.3 Å². The first-order valence-corrected chi connectivity index (χ1v) is 6.64. The lowest BCUT2D eigenvalue weighted by molar-refractivity contribution is 0.0856. The van der Waals surface area contributed by atoms with Gasteiger partial charge in [-0.2, -0.15) is 0 Å². The van der Waals surface area contributed by atoms with Crippen LogP contribution in [0.1, 0.15) is 28.3 Å². The summed E-state index contributed by atoms with van der Waals surface area (Å²) < 4.78 is 0. The molecule has 0 radical (unpaired) electrons. The van der Waals surface area contributed by atoms with Crippen molar-refractivity contribution in [2.75, 3.05) is 0 Å². The number of amides is 1. The Bertz CT molecular complexity index is 496. The number of thiophene rings is 1. The number of hydrogen-bond donors (Lipinski definition) is 2. The zero-order valence-corrected chi connectivity index (χ0v) is 10.9. The summed E-state index contributed by atoms with van der Waals surface area (Å²) in [6.07, 6.45) is -0.699. The van der Waals surface area contributed by atoms with Gasteiger partial charge in [-0.3, -0.25) is 4.79 Å². The zero-order valence-electron chi connectivity index (χ0n) is 10.0. The van der Waals surface area contributed by atoms with E-state index in [9.17, 15) is 9.90 Å². The van der Waals surface area contributed by atoms with Gasteiger partial charge < -0.3 is 10.4 Å². The lowest BCUT2D eigenvalue weighted by atomic mass is 10.0. The topological polar surface area (TPSA) is 49.3 Å². The van der Waals surface area contributed by atoms with Gasteiger partial charge in [0.1, 0.15) is 0 Å². The summed E-state index contributed by atoms with van der Waals surface area (Å²) in [5.41, 5.74) is 0.802. The van der Waals surface area contributed by atoms with E-state index in [0.29, 0.717) is 4.88 Å². The van der Waals surface area contributed by atoms with Crippen LogP contribution in [0.25, 0.3) is 0 Å². The van der Waals surface area contributed by atoms with E-state index in [4.69, 9.17) is 0 Å². The molecule has 0 saturated heterocycles. The van der Waals surface area contributed by atoms with E-state index in [-0.39, 0.29) is 11.9 Å². The second-order valence-electron chi connectivity index (χ2n) is 4.09. The van der Waals surface area contributed by atoms with Crippen LogP contribution in [0.4, 0.5) is 0 Å². The Kier molecular flexibility index (Phi) is 4.12. The highest BCUT2D eigenvalue weighted by molar-refractivity contribution is 7.12. The summed E-state index contributed by atoms with van der Waals surface area (Å²) in [7, 11) is 0. The maximum absolute atomic E-state index is 11.8. The van der Waals surface area contributed by atoms with Crippen LogP contribution in [-0.2, 0) is 0 Å². The van der Waals surface area contributed by atoms with Crippen molar-refractivity contribution in [1.82, 2.24) is 5.32 Å². The molecule has 2 atom stereocenters. The average molecular weight is 261 g/mol. The third-order valence-electron chi connectivity index (χ3n) is 2.72. The van der Waals surface area contributed by atoms with Gasteiger partial charge in [0.15, 0.2) is 0 Å². The van der Waals surface area contributed by atoms with Crippen LogP contribution in [0.5, 0.6) is 0 Å². The molecular weight excluding hydrogens is 246 g/mol. The number of carbonyl (C=O) groups is 1. The molecule has 0 aliphatic carbocycles. The van der Waals surface area contributed by atoms with Gasteiger partial charge in [0.05, 0.1) is 17.0 Å². The van der Waals surface area contributed by atoms with Crippen molar-refractivity contribution in [2.45, 2.75) is 19.1 Å². The first-order chi connectivity index (χ1) is 8.68. The largest absolute Gasteiger partial charge is 0.386 e. The van der Waals surface area contributed by atoms with Crippen LogP contribution in [0.2, 0.25) is 0 Å². The third kappa shape index (κ3) is 2.97. The molecule has 94 valence electrons. The molecule has 0 spiro atoms. The average Bonchev–Trinajstić information content (AvgIpc) is 2.92. The fourth-order valence-electron chi connectivity index (χ4n) is 1.70. The first kappa shape index (κ1) is 12.8. The SMILES string of the molecule is C[C@@H](NC(=O)c1cccs1)[C@H](O)c1ccccc1.